The fourth-order valence-corrected chi connectivity index (χ4v) is 4.82. The average Bonchev–Trinajstić information content (AvgIpc) is 3.31. The Morgan fingerprint density at radius 2 is 2.17 bits per heavy atom. The van der Waals surface area contributed by atoms with Crippen molar-refractivity contribution in [1.29, 1.82) is 0 Å². The van der Waals surface area contributed by atoms with E-state index in [9.17, 15) is 9.59 Å². The van der Waals surface area contributed by atoms with Gasteiger partial charge in [-0.1, -0.05) is 36.3 Å². The predicted molar refractivity (Wildman–Crippen MR) is 110 cm³/mol. The largest absolute Gasteiger partial charge is 0.451 e. The van der Waals surface area contributed by atoms with E-state index in [1.54, 1.807) is 6.26 Å². The molecule has 1 saturated heterocycles. The van der Waals surface area contributed by atoms with Gasteiger partial charge in [0.15, 0.2) is 6.39 Å². The Bertz CT molecular complexity index is 938. The van der Waals surface area contributed by atoms with E-state index >= 15 is 0 Å². The maximum absolute atomic E-state index is 11.9. The highest BCUT2D eigenvalue weighted by molar-refractivity contribution is 8.18. The zero-order valence-corrected chi connectivity index (χ0v) is 17.3. The van der Waals surface area contributed by atoms with E-state index in [1.165, 1.54) is 12.0 Å². The van der Waals surface area contributed by atoms with Gasteiger partial charge in [0.1, 0.15) is 18.1 Å². The zero-order chi connectivity index (χ0) is 20.4. The smallest absolute Gasteiger partial charge is 0.290 e. The van der Waals surface area contributed by atoms with E-state index in [0.717, 1.165) is 54.3 Å². The highest BCUT2D eigenvalue weighted by atomic mass is 32.2. The summed E-state index contributed by atoms with van der Waals surface area (Å²) in [5.74, 6) is -0.0798. The molecule has 6 nitrogen and oxygen atoms in total. The topological polar surface area (TPSA) is 81.4 Å². The second-order valence-electron chi connectivity index (χ2n) is 7.71. The molecule has 1 aliphatic heterocycles. The monoisotopic (exact) mass is 412 g/mol. The van der Waals surface area contributed by atoms with E-state index < -0.39 is 0 Å². The summed E-state index contributed by atoms with van der Waals surface area (Å²) in [6.45, 7) is 4.16. The van der Waals surface area contributed by atoms with Crippen LogP contribution in [-0.4, -0.2) is 22.2 Å². The first-order chi connectivity index (χ1) is 14.0. The molecule has 1 unspecified atom stereocenters. The Balaban J connectivity index is 1.52. The number of ether oxygens (including phenoxy) is 1. The molecule has 1 saturated carbocycles. The van der Waals surface area contributed by atoms with Crippen molar-refractivity contribution in [2.75, 3.05) is 0 Å². The Morgan fingerprint density at radius 3 is 2.86 bits per heavy atom. The first-order valence-corrected chi connectivity index (χ1v) is 10.7. The van der Waals surface area contributed by atoms with Crippen molar-refractivity contribution in [2.45, 2.75) is 51.7 Å². The minimum absolute atomic E-state index is 0.0400. The van der Waals surface area contributed by atoms with Gasteiger partial charge in [-0.15, -0.1) is 0 Å². The van der Waals surface area contributed by atoms with Crippen molar-refractivity contribution in [2.24, 2.45) is 5.92 Å². The molecule has 1 aromatic heterocycles. The summed E-state index contributed by atoms with van der Waals surface area (Å²) in [5, 5.41) is 2.02. The molecule has 2 amide bonds. The summed E-state index contributed by atoms with van der Waals surface area (Å²) in [6, 6.07) is 6.32. The molecule has 152 valence electrons. The number of carbonyl (C=O) groups is 2. The minimum atomic E-state index is -0.300. The third-order valence-electron chi connectivity index (χ3n) is 5.45. The number of hydrogen-bond acceptors (Lipinski definition) is 6. The third-order valence-corrected chi connectivity index (χ3v) is 6.28. The van der Waals surface area contributed by atoms with Crippen molar-refractivity contribution in [1.82, 2.24) is 10.3 Å². The van der Waals surface area contributed by atoms with Crippen LogP contribution in [0.5, 0.6) is 0 Å². The minimum Gasteiger partial charge on any atom is -0.451 e. The normalized spacial score (nSPS) is 24.7. The maximum atomic E-state index is 11.9. The van der Waals surface area contributed by atoms with E-state index in [2.05, 4.69) is 42.3 Å². The number of allylic oxidation sites excluding steroid dienone is 1. The van der Waals surface area contributed by atoms with E-state index in [4.69, 9.17) is 9.15 Å². The summed E-state index contributed by atoms with van der Waals surface area (Å²) in [7, 11) is 0. The number of amides is 2. The number of benzene rings is 1. The molecule has 1 aromatic carbocycles. The standard InChI is InChI=1S/C22H24N2O4S/c1-13-6-7-17(14(2)8-13)20(18-11-27-12-23-18)28-16-5-3-4-15(9-16)10-19-21(25)24-22(26)29-19/h6-8,10-12,15-16,20H,3-5,9H2,1-2H3,(H,24,25,26)/t15-,16+,20?/m0/s1. The lowest BCUT2D eigenvalue weighted by Crippen LogP contribution is -2.25. The zero-order valence-electron chi connectivity index (χ0n) is 16.5. The van der Waals surface area contributed by atoms with Gasteiger partial charge in [0.05, 0.1) is 11.0 Å². The molecule has 0 bridgehead atoms. The number of rotatable bonds is 5. The molecule has 0 spiro atoms. The molecular weight excluding hydrogens is 388 g/mol. The average molecular weight is 413 g/mol. The highest BCUT2D eigenvalue weighted by Gasteiger charge is 2.30. The van der Waals surface area contributed by atoms with Crippen molar-refractivity contribution in [3.63, 3.8) is 0 Å². The molecular formula is C22H24N2O4S. The Labute approximate surface area is 174 Å². The quantitative estimate of drug-likeness (QED) is 0.709. The van der Waals surface area contributed by atoms with Crippen LogP contribution in [0.1, 0.15) is 54.2 Å². The lowest BCUT2D eigenvalue weighted by atomic mass is 9.86. The summed E-state index contributed by atoms with van der Waals surface area (Å²) in [5.41, 5.74) is 4.21. The van der Waals surface area contributed by atoms with E-state index in [1.807, 2.05) is 6.08 Å². The second kappa shape index (κ2) is 8.55. The number of imide groups is 1. The van der Waals surface area contributed by atoms with Gasteiger partial charge in [0, 0.05) is 0 Å². The fraction of sp³-hybridized carbons (Fsp3) is 0.409. The van der Waals surface area contributed by atoms with Gasteiger partial charge in [0.25, 0.3) is 11.1 Å². The number of aromatic nitrogens is 1. The molecule has 1 N–H and O–H groups in total. The Morgan fingerprint density at radius 1 is 1.31 bits per heavy atom. The van der Waals surface area contributed by atoms with Crippen LogP contribution in [0.4, 0.5) is 4.79 Å². The van der Waals surface area contributed by atoms with Crippen LogP contribution in [0, 0.1) is 19.8 Å². The van der Waals surface area contributed by atoms with Crippen LogP contribution in [0.15, 0.2) is 46.3 Å². The van der Waals surface area contributed by atoms with Gasteiger partial charge in [0.2, 0.25) is 0 Å². The number of aryl methyl sites for hydroxylation is 2. The maximum Gasteiger partial charge on any atom is 0.290 e. The SMILES string of the molecule is Cc1ccc(C(O[C@@H]2CCC[C@H](C=C3SC(=O)NC3=O)C2)c2cocn2)c(C)c1. The van der Waals surface area contributed by atoms with Crippen LogP contribution in [0.2, 0.25) is 0 Å². The Kier molecular flexibility index (Phi) is 5.87. The number of oxazole rings is 1. The molecule has 2 fully saturated rings. The number of thioether (sulfide) groups is 1. The molecule has 2 aliphatic rings. The van der Waals surface area contributed by atoms with Crippen LogP contribution in [0.25, 0.3) is 0 Å². The second-order valence-corrected chi connectivity index (χ2v) is 8.73. The lowest BCUT2D eigenvalue weighted by molar-refractivity contribution is -0.115. The van der Waals surface area contributed by atoms with Crippen LogP contribution < -0.4 is 5.32 Å². The number of hydrogen-bond donors (Lipinski definition) is 1. The summed E-state index contributed by atoms with van der Waals surface area (Å²) >= 11 is 0.979. The molecule has 2 heterocycles. The van der Waals surface area contributed by atoms with Gasteiger partial charge in [-0.3, -0.25) is 14.9 Å². The lowest BCUT2D eigenvalue weighted by Gasteiger charge is -2.31. The summed E-state index contributed by atoms with van der Waals surface area (Å²) in [4.78, 5) is 28.1. The molecule has 7 heteroatoms. The fourth-order valence-electron chi connectivity index (χ4n) is 4.07. The molecule has 0 radical (unpaired) electrons. The molecule has 3 atom stereocenters. The van der Waals surface area contributed by atoms with Gasteiger partial charge in [-0.2, -0.15) is 0 Å². The van der Waals surface area contributed by atoms with E-state index in [0.29, 0.717) is 4.91 Å². The van der Waals surface area contributed by atoms with E-state index in [-0.39, 0.29) is 29.3 Å². The number of nitrogens with zero attached hydrogens (tertiary/aromatic N) is 1. The third kappa shape index (κ3) is 4.62. The van der Waals surface area contributed by atoms with Crippen LogP contribution >= 0.6 is 11.8 Å². The van der Waals surface area contributed by atoms with Crippen molar-refractivity contribution < 1.29 is 18.7 Å². The van der Waals surface area contributed by atoms with Crippen LogP contribution in [0.3, 0.4) is 0 Å². The van der Waals surface area contributed by atoms with Crippen molar-refractivity contribution >= 4 is 22.9 Å². The van der Waals surface area contributed by atoms with Gasteiger partial charge < -0.3 is 9.15 Å². The summed E-state index contributed by atoms with van der Waals surface area (Å²) in [6.07, 6.45) is 8.51. The van der Waals surface area contributed by atoms with Gasteiger partial charge in [-0.05, 0) is 61.9 Å². The number of carbonyl (C=O) groups excluding carboxylic acids is 2. The molecule has 29 heavy (non-hydrogen) atoms. The van der Waals surface area contributed by atoms with Crippen molar-refractivity contribution in [3.05, 3.63) is 64.2 Å². The summed E-state index contributed by atoms with van der Waals surface area (Å²) < 4.78 is 11.8. The van der Waals surface area contributed by atoms with Gasteiger partial charge >= 0.3 is 0 Å². The first-order valence-electron chi connectivity index (χ1n) is 9.85. The highest BCUT2D eigenvalue weighted by Crippen LogP contribution is 2.36. The van der Waals surface area contributed by atoms with Crippen molar-refractivity contribution in [3.8, 4) is 0 Å². The Hall–Kier alpha value is -2.38. The molecule has 4 rings (SSSR count). The number of nitrogens with one attached hydrogen (secondary N) is 1. The first kappa shape index (κ1) is 19.9. The van der Waals surface area contributed by atoms with Crippen LogP contribution in [-0.2, 0) is 9.53 Å². The molecule has 2 aromatic rings. The molecule has 1 aliphatic carbocycles. The van der Waals surface area contributed by atoms with Gasteiger partial charge in [-0.25, -0.2) is 4.98 Å². The predicted octanol–water partition coefficient (Wildman–Crippen LogP) is 4.82.